The summed E-state index contributed by atoms with van der Waals surface area (Å²) in [5.41, 5.74) is 8.49. The van der Waals surface area contributed by atoms with E-state index in [-0.39, 0.29) is 0 Å². The van der Waals surface area contributed by atoms with Gasteiger partial charge in [-0.05, 0) is 42.8 Å². The van der Waals surface area contributed by atoms with Gasteiger partial charge in [0.2, 0.25) is 0 Å². The minimum atomic E-state index is 0.444. The maximum atomic E-state index is 6.06. The number of hydrogen-bond acceptors (Lipinski definition) is 1. The number of aromatic nitrogens is 1. The molecule has 2 nitrogen and oxygen atoms in total. The Kier molecular flexibility index (Phi) is 2.41. The Morgan fingerprint density at radius 3 is 3.06 bits per heavy atom. The molecule has 0 spiro atoms. The number of benzene rings is 1. The molecule has 0 radical (unpaired) electrons. The lowest BCUT2D eigenvalue weighted by molar-refractivity contribution is 0.421. The first-order chi connectivity index (χ1) is 7.79. The zero-order chi connectivity index (χ0) is 11.1. The van der Waals surface area contributed by atoms with Crippen LogP contribution in [0.1, 0.15) is 24.6 Å². The molecule has 1 atom stereocenters. The van der Waals surface area contributed by atoms with Gasteiger partial charge in [-0.15, -0.1) is 0 Å². The molecule has 0 bridgehead atoms. The molecular weight excluding hydrogens is 220 g/mol. The van der Waals surface area contributed by atoms with Crippen molar-refractivity contribution < 1.29 is 0 Å². The fourth-order valence-corrected chi connectivity index (χ4v) is 2.91. The number of halogens is 1. The monoisotopic (exact) mass is 234 g/mol. The fraction of sp³-hybridized carbons (Fsp3) is 0.385. The summed E-state index contributed by atoms with van der Waals surface area (Å²) in [5, 5.41) is 2.08. The number of rotatable bonds is 1. The average molecular weight is 235 g/mol. The van der Waals surface area contributed by atoms with E-state index in [1.54, 1.807) is 0 Å². The first kappa shape index (κ1) is 10.2. The van der Waals surface area contributed by atoms with E-state index in [0.29, 0.717) is 12.6 Å². The highest BCUT2D eigenvalue weighted by molar-refractivity contribution is 6.31. The molecular formula is C13H15ClN2. The van der Waals surface area contributed by atoms with Crippen molar-refractivity contribution in [1.82, 2.24) is 4.57 Å². The highest BCUT2D eigenvalue weighted by atomic mass is 35.5. The van der Waals surface area contributed by atoms with Gasteiger partial charge in [0.15, 0.2) is 0 Å². The molecule has 0 amide bonds. The van der Waals surface area contributed by atoms with Gasteiger partial charge in [-0.2, -0.15) is 0 Å². The molecule has 2 aromatic rings. The zero-order valence-corrected chi connectivity index (χ0v) is 9.87. The summed E-state index contributed by atoms with van der Waals surface area (Å²) in [6.45, 7) is 0.712. The third-order valence-corrected chi connectivity index (χ3v) is 3.73. The molecule has 84 valence electrons. The predicted molar refractivity (Wildman–Crippen MR) is 68.0 cm³/mol. The Bertz CT molecular complexity index is 530. The lowest BCUT2D eigenvalue weighted by Crippen LogP contribution is -2.24. The van der Waals surface area contributed by atoms with Gasteiger partial charge in [-0.25, -0.2) is 0 Å². The SMILES string of the molecule is NCC1CCCc2cc3ccc(Cl)cc3n21. The van der Waals surface area contributed by atoms with Crippen molar-refractivity contribution in [2.45, 2.75) is 25.3 Å². The Morgan fingerprint density at radius 1 is 1.38 bits per heavy atom. The Morgan fingerprint density at radius 2 is 2.25 bits per heavy atom. The van der Waals surface area contributed by atoms with Crippen molar-refractivity contribution in [3.63, 3.8) is 0 Å². The molecule has 1 aliphatic rings. The number of nitrogens with two attached hydrogens (primary N) is 1. The lowest BCUT2D eigenvalue weighted by atomic mass is 10.0. The van der Waals surface area contributed by atoms with Crippen LogP contribution in [0.3, 0.4) is 0 Å². The van der Waals surface area contributed by atoms with Crippen LogP contribution in [0.4, 0.5) is 0 Å². The average Bonchev–Trinajstić information content (AvgIpc) is 2.66. The van der Waals surface area contributed by atoms with Crippen LogP contribution in [0.15, 0.2) is 24.3 Å². The molecule has 3 rings (SSSR count). The van der Waals surface area contributed by atoms with Gasteiger partial charge < -0.3 is 10.3 Å². The summed E-state index contributed by atoms with van der Waals surface area (Å²) in [6.07, 6.45) is 3.58. The molecule has 2 heterocycles. The molecule has 2 N–H and O–H groups in total. The van der Waals surface area contributed by atoms with Crippen LogP contribution in [0, 0.1) is 0 Å². The normalized spacial score (nSPS) is 20.0. The molecule has 1 aromatic carbocycles. The summed E-state index contributed by atoms with van der Waals surface area (Å²) in [6, 6.07) is 8.81. The molecule has 0 aliphatic carbocycles. The van der Waals surface area contributed by atoms with Crippen molar-refractivity contribution >= 4 is 22.5 Å². The van der Waals surface area contributed by atoms with E-state index in [1.165, 1.54) is 29.4 Å². The number of fused-ring (bicyclic) bond motifs is 3. The van der Waals surface area contributed by atoms with Crippen molar-refractivity contribution in [2.24, 2.45) is 5.73 Å². The Hall–Kier alpha value is -0.990. The molecule has 0 saturated heterocycles. The van der Waals surface area contributed by atoms with E-state index in [2.05, 4.69) is 16.7 Å². The van der Waals surface area contributed by atoms with Crippen LogP contribution < -0.4 is 5.73 Å². The van der Waals surface area contributed by atoms with Crippen LogP contribution in [-0.4, -0.2) is 11.1 Å². The highest BCUT2D eigenvalue weighted by Crippen LogP contribution is 2.32. The molecule has 16 heavy (non-hydrogen) atoms. The van der Waals surface area contributed by atoms with Crippen molar-refractivity contribution in [3.8, 4) is 0 Å². The fourth-order valence-electron chi connectivity index (χ4n) is 2.75. The van der Waals surface area contributed by atoms with Crippen LogP contribution in [-0.2, 0) is 6.42 Å². The largest absolute Gasteiger partial charge is 0.340 e. The van der Waals surface area contributed by atoms with E-state index in [1.807, 2.05) is 12.1 Å². The third-order valence-electron chi connectivity index (χ3n) is 3.49. The Balaban J connectivity index is 2.27. The number of nitrogens with zero attached hydrogens (tertiary/aromatic N) is 1. The van der Waals surface area contributed by atoms with Gasteiger partial charge in [0.25, 0.3) is 0 Å². The van der Waals surface area contributed by atoms with Crippen LogP contribution >= 0.6 is 11.6 Å². The molecule has 1 aromatic heterocycles. The van der Waals surface area contributed by atoms with Gasteiger partial charge in [0.1, 0.15) is 0 Å². The summed E-state index contributed by atoms with van der Waals surface area (Å²) in [7, 11) is 0. The molecule has 1 unspecified atom stereocenters. The lowest BCUT2D eigenvalue weighted by Gasteiger charge is -2.26. The number of hydrogen-bond donors (Lipinski definition) is 1. The summed E-state index contributed by atoms with van der Waals surface area (Å²) in [4.78, 5) is 0. The van der Waals surface area contributed by atoms with Crippen molar-refractivity contribution in [2.75, 3.05) is 6.54 Å². The third kappa shape index (κ3) is 1.45. The summed E-state index contributed by atoms with van der Waals surface area (Å²) < 4.78 is 2.38. The van der Waals surface area contributed by atoms with Gasteiger partial charge in [0.05, 0.1) is 5.52 Å². The van der Waals surface area contributed by atoms with E-state index >= 15 is 0 Å². The van der Waals surface area contributed by atoms with E-state index in [4.69, 9.17) is 17.3 Å². The van der Waals surface area contributed by atoms with E-state index in [9.17, 15) is 0 Å². The molecule has 1 aliphatic heterocycles. The Labute approximate surface area is 100.0 Å². The number of aryl methyl sites for hydroxylation is 1. The summed E-state index contributed by atoms with van der Waals surface area (Å²) >= 11 is 6.06. The quantitative estimate of drug-likeness (QED) is 0.808. The molecule has 0 fully saturated rings. The van der Waals surface area contributed by atoms with Gasteiger partial charge >= 0.3 is 0 Å². The maximum absolute atomic E-state index is 6.06. The standard InChI is InChI=1S/C13H15ClN2/c14-10-5-4-9-6-11-2-1-3-12(8-15)16(11)13(9)7-10/h4-7,12H,1-3,8,15H2. The summed E-state index contributed by atoms with van der Waals surface area (Å²) in [5.74, 6) is 0. The maximum Gasteiger partial charge on any atom is 0.0500 e. The second-order valence-corrected chi connectivity index (χ2v) is 4.93. The van der Waals surface area contributed by atoms with Gasteiger partial charge in [-0.3, -0.25) is 0 Å². The predicted octanol–water partition coefficient (Wildman–Crippen LogP) is 3.13. The minimum Gasteiger partial charge on any atom is -0.340 e. The first-order valence-corrected chi connectivity index (χ1v) is 6.17. The molecule has 0 saturated carbocycles. The van der Waals surface area contributed by atoms with E-state index in [0.717, 1.165) is 11.4 Å². The van der Waals surface area contributed by atoms with Crippen LogP contribution in [0.2, 0.25) is 5.02 Å². The first-order valence-electron chi connectivity index (χ1n) is 5.79. The van der Waals surface area contributed by atoms with Crippen LogP contribution in [0.25, 0.3) is 10.9 Å². The van der Waals surface area contributed by atoms with Crippen LogP contribution in [0.5, 0.6) is 0 Å². The van der Waals surface area contributed by atoms with Crippen molar-refractivity contribution in [1.29, 1.82) is 0 Å². The van der Waals surface area contributed by atoms with Gasteiger partial charge in [-0.1, -0.05) is 17.7 Å². The highest BCUT2D eigenvalue weighted by Gasteiger charge is 2.20. The zero-order valence-electron chi connectivity index (χ0n) is 9.12. The van der Waals surface area contributed by atoms with Crippen molar-refractivity contribution in [3.05, 3.63) is 35.0 Å². The van der Waals surface area contributed by atoms with Gasteiger partial charge in [0, 0.05) is 23.3 Å². The second kappa shape index (κ2) is 3.79. The molecule has 3 heteroatoms. The van der Waals surface area contributed by atoms with E-state index < -0.39 is 0 Å². The second-order valence-electron chi connectivity index (χ2n) is 4.49. The smallest absolute Gasteiger partial charge is 0.0500 e. The minimum absolute atomic E-state index is 0.444. The topological polar surface area (TPSA) is 30.9 Å².